The molecule has 0 spiro atoms. The zero-order valence-electron chi connectivity index (χ0n) is 14.1. The quantitative estimate of drug-likeness (QED) is 0.590. The molecule has 138 valence electrons. The monoisotopic (exact) mass is 370 g/mol. The zero-order valence-corrected chi connectivity index (χ0v) is 14.1. The number of benzene rings is 2. The molecule has 0 fully saturated rings. The minimum Gasteiger partial charge on any atom is -0.480 e. The van der Waals surface area contributed by atoms with Gasteiger partial charge in [-0.2, -0.15) is 4.98 Å². The maximum Gasteiger partial charge on any atom is 0.322 e. The van der Waals surface area contributed by atoms with Crippen molar-refractivity contribution in [1.29, 1.82) is 0 Å². The Hall–Kier alpha value is -3.55. The lowest BCUT2D eigenvalue weighted by molar-refractivity contribution is -0.134. The summed E-state index contributed by atoms with van der Waals surface area (Å²) in [4.78, 5) is 19.3. The summed E-state index contributed by atoms with van der Waals surface area (Å²) in [5.74, 6) is -2.31. The van der Waals surface area contributed by atoms with E-state index in [1.165, 1.54) is 6.07 Å². The largest absolute Gasteiger partial charge is 0.480 e. The first kappa shape index (κ1) is 18.2. The number of aromatic nitrogens is 2. The predicted octanol–water partition coefficient (Wildman–Crippen LogP) is 3.53. The van der Waals surface area contributed by atoms with Gasteiger partial charge in [0.2, 0.25) is 5.95 Å². The highest BCUT2D eigenvalue weighted by atomic mass is 19.2. The molecule has 0 aliphatic carbocycles. The molecule has 0 bridgehead atoms. The molecule has 0 amide bonds. The van der Waals surface area contributed by atoms with Gasteiger partial charge in [-0.15, -0.1) is 0 Å². The van der Waals surface area contributed by atoms with E-state index in [4.69, 9.17) is 5.11 Å². The summed E-state index contributed by atoms with van der Waals surface area (Å²) in [5.41, 5.74) is 1.95. The van der Waals surface area contributed by atoms with Crippen LogP contribution in [-0.4, -0.2) is 27.6 Å². The molecule has 0 aliphatic rings. The number of halogens is 2. The van der Waals surface area contributed by atoms with Crippen molar-refractivity contribution < 1.29 is 18.7 Å². The van der Waals surface area contributed by atoms with Crippen LogP contribution >= 0.6 is 0 Å². The van der Waals surface area contributed by atoms with E-state index in [0.29, 0.717) is 17.1 Å². The summed E-state index contributed by atoms with van der Waals surface area (Å²) in [6.07, 6.45) is 0. The van der Waals surface area contributed by atoms with Crippen molar-refractivity contribution in [3.8, 4) is 11.3 Å². The second-order valence-electron chi connectivity index (χ2n) is 5.68. The molecular weight excluding hydrogens is 354 g/mol. The highest BCUT2D eigenvalue weighted by Crippen LogP contribution is 2.22. The third kappa shape index (κ3) is 4.97. The van der Waals surface area contributed by atoms with E-state index in [0.717, 1.165) is 17.7 Å². The number of hydrogen-bond acceptors (Lipinski definition) is 5. The molecule has 27 heavy (non-hydrogen) atoms. The molecule has 0 unspecified atom stereocenters. The fourth-order valence-electron chi connectivity index (χ4n) is 2.37. The Balaban J connectivity index is 1.84. The van der Waals surface area contributed by atoms with Crippen molar-refractivity contribution in [2.45, 2.75) is 6.54 Å². The van der Waals surface area contributed by atoms with Crippen LogP contribution in [0, 0.1) is 11.6 Å². The number of anilines is 2. The average molecular weight is 370 g/mol. The van der Waals surface area contributed by atoms with E-state index in [9.17, 15) is 13.6 Å². The van der Waals surface area contributed by atoms with Gasteiger partial charge in [0.05, 0.1) is 5.69 Å². The Kier molecular flexibility index (Phi) is 5.55. The van der Waals surface area contributed by atoms with E-state index >= 15 is 0 Å². The maximum absolute atomic E-state index is 13.3. The van der Waals surface area contributed by atoms with Gasteiger partial charge in [0, 0.05) is 18.2 Å². The topological polar surface area (TPSA) is 87.1 Å². The summed E-state index contributed by atoms with van der Waals surface area (Å²) in [6.45, 7) is -0.123. The first-order valence-electron chi connectivity index (χ1n) is 8.09. The molecule has 0 aliphatic heterocycles. The third-order valence-corrected chi connectivity index (χ3v) is 3.65. The summed E-state index contributed by atoms with van der Waals surface area (Å²) in [6, 6.07) is 14.6. The number of nitrogens with zero attached hydrogens (tertiary/aromatic N) is 2. The molecule has 1 heterocycles. The van der Waals surface area contributed by atoms with Crippen molar-refractivity contribution in [2.75, 3.05) is 17.2 Å². The van der Waals surface area contributed by atoms with Gasteiger partial charge in [-0.3, -0.25) is 4.79 Å². The smallest absolute Gasteiger partial charge is 0.322 e. The van der Waals surface area contributed by atoms with Gasteiger partial charge in [-0.1, -0.05) is 36.4 Å². The molecule has 1 aromatic heterocycles. The lowest BCUT2D eigenvalue weighted by Gasteiger charge is -2.11. The average Bonchev–Trinajstić information content (AvgIpc) is 2.68. The van der Waals surface area contributed by atoms with E-state index in [2.05, 4.69) is 20.6 Å². The second-order valence-corrected chi connectivity index (χ2v) is 5.68. The van der Waals surface area contributed by atoms with E-state index in [1.807, 2.05) is 30.3 Å². The number of carboxylic acid groups (broad SMARTS) is 1. The van der Waals surface area contributed by atoms with Crippen LogP contribution in [0.2, 0.25) is 0 Å². The van der Waals surface area contributed by atoms with Gasteiger partial charge in [0.15, 0.2) is 11.6 Å². The number of nitrogens with one attached hydrogen (secondary N) is 2. The van der Waals surface area contributed by atoms with Crippen molar-refractivity contribution in [3.05, 3.63) is 71.8 Å². The molecule has 6 nitrogen and oxygen atoms in total. The first-order valence-corrected chi connectivity index (χ1v) is 8.09. The summed E-state index contributed by atoms with van der Waals surface area (Å²) in [5, 5.41) is 14.5. The predicted molar refractivity (Wildman–Crippen MR) is 97.3 cm³/mol. The highest BCUT2D eigenvalue weighted by molar-refractivity contribution is 5.72. The number of carboxylic acids is 1. The zero-order chi connectivity index (χ0) is 19.2. The van der Waals surface area contributed by atoms with Crippen LogP contribution in [0.5, 0.6) is 0 Å². The minimum atomic E-state index is -1.04. The van der Waals surface area contributed by atoms with Crippen molar-refractivity contribution >= 4 is 17.7 Å². The molecule has 3 rings (SSSR count). The molecular formula is C19H16F2N4O2. The maximum atomic E-state index is 13.3. The van der Waals surface area contributed by atoms with Gasteiger partial charge in [0.25, 0.3) is 0 Å². The molecule has 8 heteroatoms. The Bertz CT molecular complexity index is 952. The number of aliphatic carboxylic acids is 1. The minimum absolute atomic E-state index is 0.145. The van der Waals surface area contributed by atoms with Crippen LogP contribution in [0.1, 0.15) is 5.56 Å². The van der Waals surface area contributed by atoms with Gasteiger partial charge >= 0.3 is 5.97 Å². The first-order chi connectivity index (χ1) is 13.0. The molecule has 3 N–H and O–H groups in total. The number of rotatable bonds is 7. The van der Waals surface area contributed by atoms with Crippen LogP contribution in [-0.2, 0) is 11.3 Å². The number of carbonyl (C=O) groups is 1. The van der Waals surface area contributed by atoms with E-state index in [-0.39, 0.29) is 19.0 Å². The molecule has 2 aromatic carbocycles. The van der Waals surface area contributed by atoms with Crippen molar-refractivity contribution in [2.24, 2.45) is 0 Å². The van der Waals surface area contributed by atoms with E-state index < -0.39 is 17.6 Å². The van der Waals surface area contributed by atoms with Gasteiger partial charge < -0.3 is 15.7 Å². The third-order valence-electron chi connectivity index (χ3n) is 3.65. The highest BCUT2D eigenvalue weighted by Gasteiger charge is 2.09. The second kappa shape index (κ2) is 8.22. The standard InChI is InChI=1S/C19H16F2N4O2/c20-14-7-6-12(8-15(14)21)10-22-17-9-16(13-4-2-1-3-5-13)24-19(25-17)23-11-18(26)27/h1-9H,10-11H2,(H,26,27)(H2,22,23,24,25). The van der Waals surface area contributed by atoms with Gasteiger partial charge in [-0.05, 0) is 17.7 Å². The lowest BCUT2D eigenvalue weighted by atomic mass is 10.1. The van der Waals surface area contributed by atoms with Crippen LogP contribution in [0.15, 0.2) is 54.6 Å². The van der Waals surface area contributed by atoms with Crippen LogP contribution < -0.4 is 10.6 Å². The fraction of sp³-hybridized carbons (Fsp3) is 0.105. The summed E-state index contributed by atoms with van der Waals surface area (Å²) in [7, 11) is 0. The molecule has 3 aromatic rings. The van der Waals surface area contributed by atoms with Crippen molar-refractivity contribution in [3.63, 3.8) is 0 Å². The molecule has 0 saturated heterocycles. The summed E-state index contributed by atoms with van der Waals surface area (Å²) >= 11 is 0. The van der Waals surface area contributed by atoms with Gasteiger partial charge in [-0.25, -0.2) is 13.8 Å². The van der Waals surface area contributed by atoms with Crippen LogP contribution in [0.3, 0.4) is 0 Å². The Morgan fingerprint density at radius 3 is 2.44 bits per heavy atom. The van der Waals surface area contributed by atoms with Crippen LogP contribution in [0.25, 0.3) is 11.3 Å². The fourth-order valence-corrected chi connectivity index (χ4v) is 2.37. The van der Waals surface area contributed by atoms with Gasteiger partial charge in [0.1, 0.15) is 12.4 Å². The Morgan fingerprint density at radius 1 is 0.963 bits per heavy atom. The SMILES string of the molecule is O=C(O)CNc1nc(NCc2ccc(F)c(F)c2)cc(-c2ccccc2)n1. The molecule has 0 atom stereocenters. The molecule has 0 saturated carbocycles. The van der Waals surface area contributed by atoms with E-state index in [1.54, 1.807) is 6.07 Å². The Labute approximate surface area is 153 Å². The molecule has 0 radical (unpaired) electrons. The number of hydrogen-bond donors (Lipinski definition) is 3. The lowest BCUT2D eigenvalue weighted by Crippen LogP contribution is -2.15. The Morgan fingerprint density at radius 2 is 1.74 bits per heavy atom. The van der Waals surface area contributed by atoms with Crippen molar-refractivity contribution in [1.82, 2.24) is 9.97 Å². The summed E-state index contributed by atoms with van der Waals surface area (Å²) < 4.78 is 26.4. The normalized spacial score (nSPS) is 10.4. The van der Waals surface area contributed by atoms with Crippen LogP contribution in [0.4, 0.5) is 20.5 Å².